The fourth-order valence-electron chi connectivity index (χ4n) is 1.18. The average molecular weight is 317 g/mol. The van der Waals surface area contributed by atoms with E-state index in [1.54, 1.807) is 21.1 Å². The molecule has 2 amide bonds. The third-order valence-electron chi connectivity index (χ3n) is 2.13. The second kappa shape index (κ2) is 7.00. The second-order valence-electron chi connectivity index (χ2n) is 3.69. The Kier molecular flexibility index (Phi) is 5.63. The Morgan fingerprint density at radius 3 is 2.61 bits per heavy atom. The highest BCUT2D eigenvalue weighted by Crippen LogP contribution is 2.25. The van der Waals surface area contributed by atoms with Crippen LogP contribution >= 0.6 is 15.9 Å². The number of carbonyl (C=O) groups is 1. The van der Waals surface area contributed by atoms with E-state index in [0.717, 1.165) is 4.47 Å². The zero-order chi connectivity index (χ0) is 13.5. The highest BCUT2D eigenvalue weighted by Gasteiger charge is 2.07. The van der Waals surface area contributed by atoms with Crippen molar-refractivity contribution in [1.82, 2.24) is 20.2 Å². The molecule has 0 bridgehead atoms. The van der Waals surface area contributed by atoms with Crippen LogP contribution in [0.25, 0.3) is 0 Å². The molecule has 3 N–H and O–H groups in total. The number of amides is 2. The monoisotopic (exact) mass is 316 g/mol. The molecule has 0 spiro atoms. The van der Waals surface area contributed by atoms with Crippen molar-refractivity contribution >= 4 is 33.6 Å². The normalized spacial score (nSPS) is 9.78. The molecule has 7 nitrogen and oxygen atoms in total. The van der Waals surface area contributed by atoms with Gasteiger partial charge in [0.25, 0.3) is 0 Å². The van der Waals surface area contributed by atoms with Gasteiger partial charge in [0.15, 0.2) is 0 Å². The Balaban J connectivity index is 2.42. The van der Waals surface area contributed by atoms with Gasteiger partial charge in [0.2, 0.25) is 0 Å². The quantitative estimate of drug-likeness (QED) is 0.705. The maximum absolute atomic E-state index is 11.3. The summed E-state index contributed by atoms with van der Waals surface area (Å²) in [6.07, 6.45) is 1.47. The van der Waals surface area contributed by atoms with Crippen molar-refractivity contribution in [2.75, 3.05) is 44.9 Å². The highest BCUT2D eigenvalue weighted by molar-refractivity contribution is 9.10. The molecule has 0 aliphatic carbocycles. The summed E-state index contributed by atoms with van der Waals surface area (Å²) in [5.41, 5.74) is 0. The molecule has 100 valence electrons. The molecule has 0 unspecified atom stereocenters. The van der Waals surface area contributed by atoms with E-state index >= 15 is 0 Å². The van der Waals surface area contributed by atoms with E-state index < -0.39 is 0 Å². The van der Waals surface area contributed by atoms with E-state index in [1.807, 2.05) is 0 Å². The second-order valence-corrected chi connectivity index (χ2v) is 4.48. The van der Waals surface area contributed by atoms with E-state index in [9.17, 15) is 4.79 Å². The summed E-state index contributed by atoms with van der Waals surface area (Å²) < 4.78 is 0.770. The van der Waals surface area contributed by atoms with Gasteiger partial charge in [0.05, 0.1) is 0 Å². The van der Waals surface area contributed by atoms with Gasteiger partial charge in [-0.05, 0) is 15.9 Å². The SMILES string of the molecule is CNc1ncnc(NCCNC(=O)N(C)C)c1Br. The molecule has 0 aromatic carbocycles. The van der Waals surface area contributed by atoms with Crippen molar-refractivity contribution in [1.29, 1.82) is 0 Å². The van der Waals surface area contributed by atoms with Crippen LogP contribution in [0.15, 0.2) is 10.8 Å². The number of anilines is 2. The molecular weight excluding hydrogens is 300 g/mol. The minimum atomic E-state index is -0.116. The van der Waals surface area contributed by atoms with E-state index in [-0.39, 0.29) is 6.03 Å². The van der Waals surface area contributed by atoms with Gasteiger partial charge in [-0.3, -0.25) is 0 Å². The third kappa shape index (κ3) is 4.02. The first-order valence-corrected chi connectivity index (χ1v) is 6.22. The lowest BCUT2D eigenvalue weighted by atomic mass is 10.5. The van der Waals surface area contributed by atoms with Crippen LogP contribution in [0.3, 0.4) is 0 Å². The molecule has 1 heterocycles. The van der Waals surface area contributed by atoms with Gasteiger partial charge in [-0.15, -0.1) is 0 Å². The molecular formula is C10H17BrN6O. The average Bonchev–Trinajstić information content (AvgIpc) is 2.35. The molecule has 1 aromatic heterocycles. The lowest BCUT2D eigenvalue weighted by Gasteiger charge is -2.13. The minimum Gasteiger partial charge on any atom is -0.372 e. The van der Waals surface area contributed by atoms with Gasteiger partial charge in [0, 0.05) is 34.2 Å². The van der Waals surface area contributed by atoms with Crippen LogP contribution in [0.5, 0.6) is 0 Å². The van der Waals surface area contributed by atoms with Crippen molar-refractivity contribution < 1.29 is 4.79 Å². The summed E-state index contributed by atoms with van der Waals surface area (Å²) in [6.45, 7) is 1.10. The largest absolute Gasteiger partial charge is 0.372 e. The Hall–Kier alpha value is -1.57. The number of urea groups is 1. The van der Waals surface area contributed by atoms with Crippen LogP contribution in [0, 0.1) is 0 Å². The first kappa shape index (κ1) is 14.5. The molecule has 0 aliphatic rings. The van der Waals surface area contributed by atoms with E-state index in [1.165, 1.54) is 11.2 Å². The number of hydrogen-bond donors (Lipinski definition) is 3. The molecule has 1 aromatic rings. The van der Waals surface area contributed by atoms with Gasteiger partial charge in [-0.1, -0.05) is 0 Å². The van der Waals surface area contributed by atoms with Crippen LogP contribution in [0.2, 0.25) is 0 Å². The number of aromatic nitrogens is 2. The molecule has 0 fully saturated rings. The predicted molar refractivity (Wildman–Crippen MR) is 74.9 cm³/mol. The van der Waals surface area contributed by atoms with E-state index in [4.69, 9.17) is 0 Å². The number of carbonyl (C=O) groups excluding carboxylic acids is 1. The predicted octanol–water partition coefficient (Wildman–Crippen LogP) is 0.964. The molecule has 0 saturated carbocycles. The van der Waals surface area contributed by atoms with Crippen molar-refractivity contribution in [2.45, 2.75) is 0 Å². The van der Waals surface area contributed by atoms with Crippen LogP contribution in [0.4, 0.5) is 16.4 Å². The van der Waals surface area contributed by atoms with Crippen LogP contribution in [-0.4, -0.2) is 55.1 Å². The summed E-state index contributed by atoms with van der Waals surface area (Å²) in [4.78, 5) is 20.9. The number of hydrogen-bond acceptors (Lipinski definition) is 5. The van der Waals surface area contributed by atoms with Gasteiger partial charge in [-0.25, -0.2) is 14.8 Å². The Morgan fingerprint density at radius 1 is 1.33 bits per heavy atom. The van der Waals surface area contributed by atoms with Gasteiger partial charge >= 0.3 is 6.03 Å². The van der Waals surface area contributed by atoms with Gasteiger partial charge < -0.3 is 20.9 Å². The smallest absolute Gasteiger partial charge is 0.316 e. The summed E-state index contributed by atoms with van der Waals surface area (Å²) >= 11 is 3.40. The zero-order valence-corrected chi connectivity index (χ0v) is 12.2. The van der Waals surface area contributed by atoms with Crippen molar-refractivity contribution in [3.8, 4) is 0 Å². The third-order valence-corrected chi connectivity index (χ3v) is 2.88. The highest BCUT2D eigenvalue weighted by atomic mass is 79.9. The molecule has 1 rings (SSSR count). The summed E-state index contributed by atoms with van der Waals surface area (Å²) in [5.74, 6) is 1.40. The Morgan fingerprint density at radius 2 is 2.00 bits per heavy atom. The summed E-state index contributed by atoms with van der Waals surface area (Å²) in [6, 6.07) is -0.116. The molecule has 8 heteroatoms. The van der Waals surface area contributed by atoms with Gasteiger partial charge in [0.1, 0.15) is 22.4 Å². The van der Waals surface area contributed by atoms with Crippen LogP contribution in [-0.2, 0) is 0 Å². The summed E-state index contributed by atoms with van der Waals surface area (Å²) in [5, 5.41) is 8.81. The maximum atomic E-state index is 11.3. The first-order chi connectivity index (χ1) is 8.56. The number of nitrogens with zero attached hydrogens (tertiary/aromatic N) is 3. The Labute approximate surface area is 114 Å². The Bertz CT molecular complexity index is 411. The van der Waals surface area contributed by atoms with Crippen molar-refractivity contribution in [2.24, 2.45) is 0 Å². The van der Waals surface area contributed by atoms with Crippen molar-refractivity contribution in [3.63, 3.8) is 0 Å². The minimum absolute atomic E-state index is 0.116. The van der Waals surface area contributed by atoms with Gasteiger partial charge in [-0.2, -0.15) is 0 Å². The van der Waals surface area contributed by atoms with E-state index in [2.05, 4.69) is 41.8 Å². The van der Waals surface area contributed by atoms with Crippen LogP contribution in [0.1, 0.15) is 0 Å². The fourth-order valence-corrected chi connectivity index (χ4v) is 1.72. The zero-order valence-electron chi connectivity index (χ0n) is 10.6. The summed E-state index contributed by atoms with van der Waals surface area (Å²) in [7, 11) is 5.18. The maximum Gasteiger partial charge on any atom is 0.316 e. The fraction of sp³-hybridized carbons (Fsp3) is 0.500. The van der Waals surface area contributed by atoms with Crippen molar-refractivity contribution in [3.05, 3.63) is 10.8 Å². The van der Waals surface area contributed by atoms with E-state index in [0.29, 0.717) is 24.7 Å². The molecule has 0 atom stereocenters. The lowest BCUT2D eigenvalue weighted by Crippen LogP contribution is -2.37. The molecule has 0 saturated heterocycles. The number of nitrogens with one attached hydrogen (secondary N) is 3. The molecule has 0 radical (unpaired) electrons. The topological polar surface area (TPSA) is 82.2 Å². The molecule has 18 heavy (non-hydrogen) atoms. The number of halogens is 1. The number of rotatable bonds is 5. The lowest BCUT2D eigenvalue weighted by molar-refractivity contribution is 0.218. The van der Waals surface area contributed by atoms with Crippen LogP contribution < -0.4 is 16.0 Å². The molecule has 0 aliphatic heterocycles. The first-order valence-electron chi connectivity index (χ1n) is 5.43. The standard InChI is InChI=1S/C10H17BrN6O/c1-12-8-7(11)9(16-6-15-8)13-4-5-14-10(18)17(2)3/h6H,4-5H2,1-3H3,(H,14,18)(H2,12,13,15,16).